The van der Waals surface area contributed by atoms with Crippen LogP contribution in [0.3, 0.4) is 0 Å². The molecular weight excluding hydrogens is 251 g/mol. The molecule has 0 bridgehead atoms. The lowest BCUT2D eigenvalue weighted by Gasteiger charge is -2.30. The van der Waals surface area contributed by atoms with Crippen molar-refractivity contribution in [3.8, 4) is 0 Å². The molecule has 18 heavy (non-hydrogen) atoms. The van der Waals surface area contributed by atoms with E-state index in [0.29, 0.717) is 0 Å². The first-order chi connectivity index (χ1) is 8.74. The Morgan fingerprint density at radius 3 is 1.17 bits per heavy atom. The zero-order valence-corrected chi connectivity index (χ0v) is 15.3. The molecule has 0 saturated carbocycles. The maximum absolute atomic E-state index is 2.47. The normalized spacial score (nSPS) is 12.7. The molecule has 0 aliphatic rings. The van der Waals surface area contributed by atoms with Crippen LogP contribution in [0, 0.1) is 0 Å². The Balaban J connectivity index is 4.20. The van der Waals surface area contributed by atoms with Gasteiger partial charge < -0.3 is 0 Å². The van der Waals surface area contributed by atoms with E-state index in [-0.39, 0.29) is 0 Å². The summed E-state index contributed by atoms with van der Waals surface area (Å²) in [7, 11) is 0.891. The van der Waals surface area contributed by atoms with Crippen LogP contribution in [-0.4, -0.2) is 14.4 Å². The lowest BCUT2D eigenvalue weighted by atomic mass is 10.3. The smallest absolute Gasteiger partial charge is 0.0854 e. The number of hydrogen-bond donors (Lipinski definition) is 0. The second-order valence-electron chi connectivity index (χ2n) is 5.82. The van der Waals surface area contributed by atoms with Gasteiger partial charge in [-0.15, -0.1) is 8.13 Å². The Labute approximate surface area is 119 Å². The van der Waals surface area contributed by atoms with Crippen molar-refractivity contribution in [2.45, 2.75) is 96.7 Å². The highest BCUT2D eigenvalue weighted by Crippen LogP contribution is 2.40. The molecule has 0 rings (SSSR count). The minimum atomic E-state index is -0.909. The van der Waals surface area contributed by atoms with Gasteiger partial charge in [-0.05, 0) is 6.66 Å². The Morgan fingerprint density at radius 1 is 0.611 bits per heavy atom. The molecular formula is C16H36PSi. The van der Waals surface area contributed by atoms with Crippen LogP contribution in [0.2, 0.25) is 18.1 Å². The fraction of sp³-hybridized carbons (Fsp3) is 1.00. The van der Waals surface area contributed by atoms with Crippen LogP contribution in [0.25, 0.3) is 0 Å². The van der Waals surface area contributed by atoms with Crippen molar-refractivity contribution in [3.05, 3.63) is 0 Å². The second kappa shape index (κ2) is 12.7. The predicted octanol–water partition coefficient (Wildman–Crippen LogP) is 7.08. The van der Waals surface area contributed by atoms with Crippen LogP contribution in [0.15, 0.2) is 0 Å². The standard InChI is InChI=1S/C16H36PSi/c1-5-8-11-14-18(17-4,15-12-9-6-2)16-13-10-7-3/h5-16H2,1-4H3. The average Bonchev–Trinajstić information content (AvgIpc) is 2.39. The highest BCUT2D eigenvalue weighted by Gasteiger charge is 2.29. The molecule has 0 aliphatic heterocycles. The van der Waals surface area contributed by atoms with Crippen LogP contribution in [0.5, 0.6) is 0 Å². The van der Waals surface area contributed by atoms with Crippen molar-refractivity contribution in [1.82, 2.24) is 0 Å². The molecule has 0 aromatic carbocycles. The summed E-state index contributed by atoms with van der Waals surface area (Å²) in [5.74, 6) is 0. The third kappa shape index (κ3) is 8.70. The maximum atomic E-state index is 2.47. The molecule has 0 fully saturated rings. The molecule has 0 amide bonds. The van der Waals surface area contributed by atoms with Gasteiger partial charge in [0, 0.05) is 0 Å². The summed E-state index contributed by atoms with van der Waals surface area (Å²) in [6.45, 7) is 9.47. The first-order valence-electron chi connectivity index (χ1n) is 8.35. The van der Waals surface area contributed by atoms with E-state index in [1.807, 2.05) is 0 Å². The van der Waals surface area contributed by atoms with E-state index in [2.05, 4.69) is 27.4 Å². The van der Waals surface area contributed by atoms with Gasteiger partial charge >= 0.3 is 0 Å². The van der Waals surface area contributed by atoms with Gasteiger partial charge in [0.1, 0.15) is 0 Å². The van der Waals surface area contributed by atoms with E-state index in [4.69, 9.17) is 0 Å². The maximum Gasteiger partial charge on any atom is 0.0854 e. The third-order valence-electron chi connectivity index (χ3n) is 4.21. The lowest BCUT2D eigenvalue weighted by Crippen LogP contribution is -2.28. The fourth-order valence-corrected chi connectivity index (χ4v) is 10.4. The van der Waals surface area contributed by atoms with Gasteiger partial charge in [-0.1, -0.05) is 96.7 Å². The van der Waals surface area contributed by atoms with Crippen LogP contribution in [-0.2, 0) is 0 Å². The van der Waals surface area contributed by atoms with E-state index in [1.165, 1.54) is 57.8 Å². The van der Waals surface area contributed by atoms with Crippen LogP contribution in [0.1, 0.15) is 78.6 Å². The Kier molecular flexibility index (Phi) is 13.1. The largest absolute Gasteiger partial charge is 0.100 e. The van der Waals surface area contributed by atoms with E-state index in [1.54, 1.807) is 26.3 Å². The topological polar surface area (TPSA) is 0 Å². The van der Waals surface area contributed by atoms with E-state index in [9.17, 15) is 0 Å². The zero-order valence-electron chi connectivity index (χ0n) is 13.4. The van der Waals surface area contributed by atoms with Gasteiger partial charge in [-0.25, -0.2) is 0 Å². The van der Waals surface area contributed by atoms with E-state index in [0.717, 1.165) is 0 Å². The van der Waals surface area contributed by atoms with Gasteiger partial charge in [-0.3, -0.25) is 0 Å². The Hall–Kier alpha value is 0.647. The van der Waals surface area contributed by atoms with Gasteiger partial charge in [0.05, 0.1) is 7.74 Å². The SMILES string of the molecule is CCCCC[Si](CCCCC)(CCCCC)[P]C. The molecule has 0 aromatic rings. The number of rotatable bonds is 13. The van der Waals surface area contributed by atoms with E-state index >= 15 is 0 Å². The summed E-state index contributed by atoms with van der Waals surface area (Å²) < 4.78 is 0. The Bertz CT molecular complexity index is 144. The number of hydrogen-bond acceptors (Lipinski definition) is 0. The summed E-state index contributed by atoms with van der Waals surface area (Å²) in [4.78, 5) is 0. The molecule has 0 N–H and O–H groups in total. The third-order valence-corrected chi connectivity index (χ3v) is 13.9. The molecule has 0 unspecified atom stereocenters. The van der Waals surface area contributed by atoms with Crippen molar-refractivity contribution in [2.24, 2.45) is 0 Å². The molecule has 0 aliphatic carbocycles. The van der Waals surface area contributed by atoms with Crippen LogP contribution < -0.4 is 0 Å². The molecule has 0 spiro atoms. The van der Waals surface area contributed by atoms with Crippen molar-refractivity contribution >= 4 is 15.9 Å². The average molecular weight is 288 g/mol. The molecule has 0 atom stereocenters. The van der Waals surface area contributed by atoms with Crippen molar-refractivity contribution in [1.29, 1.82) is 0 Å². The van der Waals surface area contributed by atoms with Crippen molar-refractivity contribution in [2.75, 3.05) is 6.66 Å². The summed E-state index contributed by atoms with van der Waals surface area (Å²) >= 11 is 0. The van der Waals surface area contributed by atoms with Crippen molar-refractivity contribution < 1.29 is 0 Å². The molecule has 0 heterocycles. The minimum Gasteiger partial charge on any atom is -0.100 e. The van der Waals surface area contributed by atoms with Gasteiger partial charge in [0.2, 0.25) is 0 Å². The monoisotopic (exact) mass is 287 g/mol. The lowest BCUT2D eigenvalue weighted by molar-refractivity contribution is 0.723. The second-order valence-corrected chi connectivity index (χ2v) is 14.4. The van der Waals surface area contributed by atoms with E-state index < -0.39 is 7.74 Å². The van der Waals surface area contributed by atoms with Gasteiger partial charge in [-0.2, -0.15) is 0 Å². The highest BCUT2D eigenvalue weighted by atomic mass is 31.3. The first-order valence-corrected chi connectivity index (χ1v) is 13.2. The quantitative estimate of drug-likeness (QED) is 0.193. The van der Waals surface area contributed by atoms with Crippen LogP contribution in [0.4, 0.5) is 0 Å². The van der Waals surface area contributed by atoms with Crippen LogP contribution >= 0.6 is 8.13 Å². The van der Waals surface area contributed by atoms with Gasteiger partial charge in [0.15, 0.2) is 0 Å². The summed E-state index contributed by atoms with van der Waals surface area (Å²) in [6, 6.07) is 4.85. The molecule has 0 nitrogen and oxygen atoms in total. The Morgan fingerprint density at radius 2 is 0.944 bits per heavy atom. The molecule has 0 saturated heterocycles. The molecule has 1 radical (unpaired) electrons. The summed E-state index contributed by atoms with van der Waals surface area (Å²) in [5.41, 5.74) is 0. The highest BCUT2D eigenvalue weighted by molar-refractivity contribution is 7.81. The molecule has 0 aromatic heterocycles. The zero-order chi connectivity index (χ0) is 13.7. The first kappa shape index (κ1) is 18.6. The summed E-state index contributed by atoms with van der Waals surface area (Å²) in [6.07, 6.45) is 13.1. The van der Waals surface area contributed by atoms with Gasteiger partial charge in [0.25, 0.3) is 0 Å². The molecule has 109 valence electrons. The molecule has 2 heteroatoms. The summed E-state index contributed by atoms with van der Waals surface area (Å²) in [5, 5.41) is 0. The minimum absolute atomic E-state index is 0.909. The number of unbranched alkanes of at least 4 members (excludes halogenated alkanes) is 6. The van der Waals surface area contributed by atoms with Crippen molar-refractivity contribution in [3.63, 3.8) is 0 Å². The fourth-order valence-electron chi connectivity index (χ4n) is 2.82. The predicted molar refractivity (Wildman–Crippen MR) is 91.6 cm³/mol.